The van der Waals surface area contributed by atoms with Gasteiger partial charge >= 0.3 is 0 Å². The first kappa shape index (κ1) is 14.0. The number of hydrogen-bond donors (Lipinski definition) is 1. The maximum atomic E-state index is 11.7. The van der Waals surface area contributed by atoms with Gasteiger partial charge in [0.25, 0.3) is 0 Å². The summed E-state index contributed by atoms with van der Waals surface area (Å²) in [4.78, 5) is 13.1. The Bertz CT molecular complexity index is 343. The lowest BCUT2D eigenvalue weighted by molar-refractivity contribution is -0.140. The van der Waals surface area contributed by atoms with Gasteiger partial charge in [0.2, 0.25) is 5.91 Å². The number of halogens is 1. The van der Waals surface area contributed by atoms with Gasteiger partial charge in [-0.25, -0.2) is 0 Å². The van der Waals surface area contributed by atoms with Crippen molar-refractivity contribution in [2.75, 3.05) is 5.88 Å². The Morgan fingerprint density at radius 3 is 2.59 bits per heavy atom. The highest BCUT2D eigenvalue weighted by Gasteiger charge is 2.20. The molecule has 0 radical (unpaired) electrons. The van der Waals surface area contributed by atoms with Gasteiger partial charge in [-0.1, -0.05) is 43.7 Å². The van der Waals surface area contributed by atoms with Gasteiger partial charge in [0, 0.05) is 6.54 Å². The lowest BCUT2D eigenvalue weighted by Gasteiger charge is -2.27. The number of nitrogens with zero attached hydrogens (tertiary/aromatic N) is 1. The fourth-order valence-electron chi connectivity index (χ4n) is 1.63. The van der Waals surface area contributed by atoms with Crippen LogP contribution in [0.15, 0.2) is 30.3 Å². The molecule has 0 aromatic heterocycles. The fourth-order valence-corrected chi connectivity index (χ4v) is 1.78. The molecule has 1 aromatic carbocycles. The topological polar surface area (TPSA) is 40.5 Å². The molecule has 0 saturated heterocycles. The molecule has 0 fully saturated rings. The minimum Gasteiger partial charge on any atom is -0.374 e. The van der Waals surface area contributed by atoms with Crippen LogP contribution in [0.5, 0.6) is 0 Å². The molecule has 94 valence electrons. The highest BCUT2D eigenvalue weighted by Crippen LogP contribution is 2.11. The van der Waals surface area contributed by atoms with Crippen LogP contribution in [0.1, 0.15) is 25.3 Å². The van der Waals surface area contributed by atoms with Gasteiger partial charge in [0.15, 0.2) is 0 Å². The molecule has 1 N–H and O–H groups in total. The maximum Gasteiger partial charge on any atom is 0.239 e. The van der Waals surface area contributed by atoms with E-state index in [1.165, 1.54) is 4.90 Å². The summed E-state index contributed by atoms with van der Waals surface area (Å²) in [6.07, 6.45) is 0.628. The number of benzene rings is 1. The molecule has 0 aliphatic carbocycles. The molecule has 1 rings (SSSR count). The van der Waals surface area contributed by atoms with E-state index in [4.69, 9.17) is 11.6 Å². The molecule has 0 spiro atoms. The standard InChI is InChI=1S/C13H18ClNO2/c1-2-6-12(16)15(13(17)9-14)10-11-7-4-3-5-8-11/h3-5,7-8,12,16H,2,6,9-10H2,1H3. The third-order valence-corrected chi connectivity index (χ3v) is 2.77. The largest absolute Gasteiger partial charge is 0.374 e. The average Bonchev–Trinajstić information content (AvgIpc) is 2.36. The van der Waals surface area contributed by atoms with Gasteiger partial charge in [-0.3, -0.25) is 4.79 Å². The van der Waals surface area contributed by atoms with Crippen molar-refractivity contribution in [1.29, 1.82) is 0 Å². The van der Waals surface area contributed by atoms with Gasteiger partial charge < -0.3 is 10.0 Å². The molecular formula is C13H18ClNO2. The van der Waals surface area contributed by atoms with Crippen LogP contribution in [-0.4, -0.2) is 28.0 Å². The van der Waals surface area contributed by atoms with Crippen molar-refractivity contribution in [2.24, 2.45) is 0 Å². The average molecular weight is 256 g/mol. The molecular weight excluding hydrogens is 238 g/mol. The molecule has 1 atom stereocenters. The third-order valence-electron chi connectivity index (χ3n) is 2.54. The van der Waals surface area contributed by atoms with E-state index in [9.17, 15) is 9.90 Å². The molecule has 4 heteroatoms. The summed E-state index contributed by atoms with van der Waals surface area (Å²) in [5, 5.41) is 9.92. The summed E-state index contributed by atoms with van der Waals surface area (Å²) in [5.74, 6) is -0.343. The Labute approximate surface area is 107 Å². The third kappa shape index (κ3) is 4.36. The summed E-state index contributed by atoms with van der Waals surface area (Å²) in [6, 6.07) is 9.58. The van der Waals surface area contributed by atoms with Crippen LogP contribution in [0, 0.1) is 0 Å². The first-order chi connectivity index (χ1) is 8.19. The molecule has 1 aromatic rings. The Kier molecular flexibility index (Phi) is 6.01. The molecule has 0 aliphatic heterocycles. The van der Waals surface area contributed by atoms with Crippen LogP contribution in [0.4, 0.5) is 0 Å². The minimum atomic E-state index is -0.758. The summed E-state index contributed by atoms with van der Waals surface area (Å²) >= 11 is 5.55. The van der Waals surface area contributed by atoms with Crippen molar-refractivity contribution in [3.05, 3.63) is 35.9 Å². The van der Waals surface area contributed by atoms with Crippen molar-refractivity contribution in [3.8, 4) is 0 Å². The van der Waals surface area contributed by atoms with Crippen molar-refractivity contribution in [2.45, 2.75) is 32.5 Å². The lowest BCUT2D eigenvalue weighted by Crippen LogP contribution is -2.40. The Balaban J connectivity index is 2.73. The summed E-state index contributed by atoms with van der Waals surface area (Å²) in [7, 11) is 0. The molecule has 17 heavy (non-hydrogen) atoms. The zero-order valence-electron chi connectivity index (χ0n) is 9.97. The van der Waals surface area contributed by atoms with E-state index in [-0.39, 0.29) is 11.8 Å². The highest BCUT2D eigenvalue weighted by atomic mass is 35.5. The maximum absolute atomic E-state index is 11.7. The highest BCUT2D eigenvalue weighted by molar-refractivity contribution is 6.27. The second kappa shape index (κ2) is 7.30. The summed E-state index contributed by atoms with van der Waals surface area (Å²) in [5.41, 5.74) is 0.987. The first-order valence-electron chi connectivity index (χ1n) is 5.76. The smallest absolute Gasteiger partial charge is 0.239 e. The fraction of sp³-hybridized carbons (Fsp3) is 0.462. The summed E-state index contributed by atoms with van der Waals surface area (Å²) in [6.45, 7) is 2.36. The molecule has 0 saturated carbocycles. The summed E-state index contributed by atoms with van der Waals surface area (Å²) < 4.78 is 0. The second-order valence-electron chi connectivity index (χ2n) is 3.91. The Hall–Kier alpha value is -1.06. The van der Waals surface area contributed by atoms with E-state index in [0.29, 0.717) is 13.0 Å². The zero-order valence-corrected chi connectivity index (χ0v) is 10.7. The van der Waals surface area contributed by atoms with Crippen LogP contribution in [0.2, 0.25) is 0 Å². The van der Waals surface area contributed by atoms with Crippen molar-refractivity contribution in [1.82, 2.24) is 4.90 Å². The normalized spacial score (nSPS) is 12.2. The monoisotopic (exact) mass is 255 g/mol. The van der Waals surface area contributed by atoms with E-state index in [0.717, 1.165) is 12.0 Å². The van der Waals surface area contributed by atoms with Crippen molar-refractivity contribution in [3.63, 3.8) is 0 Å². The number of rotatable bonds is 6. The van der Waals surface area contributed by atoms with Crippen LogP contribution < -0.4 is 0 Å². The van der Waals surface area contributed by atoms with Crippen molar-refractivity contribution >= 4 is 17.5 Å². The molecule has 1 unspecified atom stereocenters. The van der Waals surface area contributed by atoms with Gasteiger partial charge in [-0.05, 0) is 12.0 Å². The van der Waals surface area contributed by atoms with Crippen molar-refractivity contribution < 1.29 is 9.90 Å². The molecule has 1 amide bonds. The quantitative estimate of drug-likeness (QED) is 0.626. The zero-order chi connectivity index (χ0) is 12.7. The van der Waals surface area contributed by atoms with E-state index in [1.54, 1.807) is 0 Å². The van der Waals surface area contributed by atoms with Crippen LogP contribution in [0.3, 0.4) is 0 Å². The Morgan fingerprint density at radius 1 is 1.41 bits per heavy atom. The van der Waals surface area contributed by atoms with Gasteiger partial charge in [-0.2, -0.15) is 0 Å². The first-order valence-corrected chi connectivity index (χ1v) is 6.30. The lowest BCUT2D eigenvalue weighted by atomic mass is 10.2. The van der Waals surface area contributed by atoms with Crippen LogP contribution in [-0.2, 0) is 11.3 Å². The van der Waals surface area contributed by atoms with E-state index < -0.39 is 6.23 Å². The van der Waals surface area contributed by atoms with Crippen LogP contribution in [0.25, 0.3) is 0 Å². The minimum absolute atomic E-state index is 0.104. The molecule has 0 bridgehead atoms. The number of aliphatic hydroxyl groups is 1. The SMILES string of the molecule is CCCC(O)N(Cc1ccccc1)C(=O)CCl. The second-order valence-corrected chi connectivity index (χ2v) is 4.18. The molecule has 0 heterocycles. The van der Waals surface area contributed by atoms with E-state index in [2.05, 4.69) is 0 Å². The number of alkyl halides is 1. The van der Waals surface area contributed by atoms with Gasteiger partial charge in [0.05, 0.1) is 0 Å². The number of carbonyl (C=O) groups excluding carboxylic acids is 1. The van der Waals surface area contributed by atoms with E-state index >= 15 is 0 Å². The van der Waals surface area contributed by atoms with E-state index in [1.807, 2.05) is 37.3 Å². The van der Waals surface area contributed by atoms with Gasteiger partial charge in [-0.15, -0.1) is 11.6 Å². The molecule has 3 nitrogen and oxygen atoms in total. The van der Waals surface area contributed by atoms with Gasteiger partial charge in [0.1, 0.15) is 12.1 Å². The molecule has 0 aliphatic rings. The number of aliphatic hydroxyl groups excluding tert-OH is 1. The number of amides is 1. The van der Waals surface area contributed by atoms with Crippen LogP contribution >= 0.6 is 11.6 Å². The Morgan fingerprint density at radius 2 is 2.06 bits per heavy atom. The predicted molar refractivity (Wildman–Crippen MR) is 68.6 cm³/mol. The predicted octanol–water partition coefficient (Wildman–Crippen LogP) is 2.37. The number of carbonyl (C=O) groups is 1. The number of hydrogen-bond acceptors (Lipinski definition) is 2.